The number of guanidine groups is 1. The lowest BCUT2D eigenvalue weighted by Gasteiger charge is -2.40. The van der Waals surface area contributed by atoms with Crippen molar-refractivity contribution < 1.29 is 4.79 Å². The van der Waals surface area contributed by atoms with Gasteiger partial charge < -0.3 is 20.4 Å². The Kier molecular flexibility index (Phi) is 9.11. The summed E-state index contributed by atoms with van der Waals surface area (Å²) in [4.78, 5) is 20.7. The number of likely N-dealkylation sites (tertiary alicyclic amines) is 1. The minimum Gasteiger partial charge on any atom is -0.354 e. The van der Waals surface area contributed by atoms with Gasteiger partial charge in [0, 0.05) is 32.2 Å². The van der Waals surface area contributed by atoms with Crippen LogP contribution in [0.3, 0.4) is 0 Å². The van der Waals surface area contributed by atoms with E-state index in [0.717, 1.165) is 17.9 Å². The zero-order valence-corrected chi connectivity index (χ0v) is 19.6. The molecule has 0 unspecified atom stereocenters. The third-order valence-corrected chi connectivity index (χ3v) is 6.16. The van der Waals surface area contributed by atoms with Crippen LogP contribution in [0.1, 0.15) is 58.3 Å². The molecular weight excluding hydrogens is 453 g/mol. The highest BCUT2D eigenvalue weighted by atomic mass is 127. The maximum atomic E-state index is 11.8. The number of rotatable bonds is 5. The van der Waals surface area contributed by atoms with Crippen molar-refractivity contribution in [3.8, 4) is 0 Å². The molecular formula is C20H38IN5O. The van der Waals surface area contributed by atoms with E-state index >= 15 is 0 Å². The van der Waals surface area contributed by atoms with Gasteiger partial charge in [-0.3, -0.25) is 4.79 Å². The largest absolute Gasteiger partial charge is 0.354 e. The minimum atomic E-state index is 0. The number of nitrogens with one attached hydrogen (secondary N) is 2. The fraction of sp³-hybridized carbons (Fsp3) is 0.900. The van der Waals surface area contributed by atoms with Gasteiger partial charge in [0.1, 0.15) is 6.54 Å². The van der Waals surface area contributed by atoms with Crippen molar-refractivity contribution >= 4 is 35.8 Å². The predicted octanol–water partition coefficient (Wildman–Crippen LogP) is 2.43. The first-order valence-electron chi connectivity index (χ1n) is 10.5. The van der Waals surface area contributed by atoms with E-state index in [2.05, 4.69) is 27.4 Å². The van der Waals surface area contributed by atoms with Crippen LogP contribution in [0.4, 0.5) is 0 Å². The predicted molar refractivity (Wildman–Crippen MR) is 122 cm³/mol. The molecule has 1 saturated heterocycles. The Morgan fingerprint density at radius 3 is 1.96 bits per heavy atom. The van der Waals surface area contributed by atoms with Crippen LogP contribution in [-0.4, -0.2) is 73.5 Å². The topological polar surface area (TPSA) is 60.0 Å². The van der Waals surface area contributed by atoms with Gasteiger partial charge in [0.25, 0.3) is 0 Å². The number of hydrogen-bond donors (Lipinski definition) is 2. The maximum Gasteiger partial charge on any atom is 0.243 e. The fourth-order valence-electron chi connectivity index (χ4n) is 4.01. The highest BCUT2D eigenvalue weighted by molar-refractivity contribution is 14.0. The summed E-state index contributed by atoms with van der Waals surface area (Å²) < 4.78 is 0. The van der Waals surface area contributed by atoms with Crippen LogP contribution in [0.5, 0.6) is 0 Å². The summed E-state index contributed by atoms with van der Waals surface area (Å²) in [5, 5.41) is 7.07. The second kappa shape index (κ2) is 10.8. The molecule has 3 aliphatic rings. The van der Waals surface area contributed by atoms with E-state index in [1.54, 1.807) is 19.0 Å². The lowest BCUT2D eigenvalue weighted by Crippen LogP contribution is -2.49. The van der Waals surface area contributed by atoms with Crippen LogP contribution in [0.25, 0.3) is 0 Å². The second-order valence-electron chi connectivity index (χ2n) is 8.74. The van der Waals surface area contributed by atoms with Gasteiger partial charge in [-0.25, -0.2) is 4.99 Å². The van der Waals surface area contributed by atoms with Crippen molar-refractivity contribution in [2.75, 3.05) is 33.7 Å². The summed E-state index contributed by atoms with van der Waals surface area (Å²) in [6.07, 6.45) is 10.1. The van der Waals surface area contributed by atoms with Crippen molar-refractivity contribution in [1.82, 2.24) is 20.4 Å². The van der Waals surface area contributed by atoms with E-state index in [9.17, 15) is 4.79 Å². The van der Waals surface area contributed by atoms with Crippen LogP contribution in [0.15, 0.2) is 4.99 Å². The Bertz CT molecular complexity index is 493. The van der Waals surface area contributed by atoms with Crippen LogP contribution >= 0.6 is 24.0 Å². The molecule has 0 aromatic heterocycles. The number of carbonyl (C=O) groups is 1. The molecule has 0 radical (unpaired) electrons. The average Bonchev–Trinajstić information content (AvgIpc) is 3.44. The zero-order valence-electron chi connectivity index (χ0n) is 17.2. The van der Waals surface area contributed by atoms with Crippen molar-refractivity contribution in [1.29, 1.82) is 0 Å². The standard InChI is InChI=1S/C20H37N5O.HI/c1-15-10-12-25(13-11-15)18-8-6-17(7-9-18)23-20(22-16-4-5-16)21-14-19(26)24(2)3;/h15-18H,4-14H2,1-3H3,(H2,21,22,23);1H. The van der Waals surface area contributed by atoms with E-state index < -0.39 is 0 Å². The molecule has 0 aromatic carbocycles. The average molecular weight is 491 g/mol. The molecule has 1 amide bonds. The van der Waals surface area contributed by atoms with Gasteiger partial charge >= 0.3 is 0 Å². The molecule has 156 valence electrons. The Labute approximate surface area is 181 Å². The third kappa shape index (κ3) is 7.40. The first-order chi connectivity index (χ1) is 12.5. The summed E-state index contributed by atoms with van der Waals surface area (Å²) in [5.41, 5.74) is 0. The molecule has 7 heteroatoms. The Balaban J connectivity index is 0.00000261. The summed E-state index contributed by atoms with van der Waals surface area (Å²) in [6, 6.07) is 1.80. The quantitative estimate of drug-likeness (QED) is 0.353. The van der Waals surface area contributed by atoms with E-state index in [1.165, 1.54) is 64.5 Å². The molecule has 2 saturated carbocycles. The molecule has 2 N–H and O–H groups in total. The van der Waals surface area contributed by atoms with Gasteiger partial charge in [-0.05, 0) is 70.4 Å². The van der Waals surface area contributed by atoms with Crippen LogP contribution in [0, 0.1) is 5.92 Å². The maximum absolute atomic E-state index is 11.8. The van der Waals surface area contributed by atoms with Gasteiger partial charge in [-0.1, -0.05) is 6.92 Å². The number of hydrogen-bond acceptors (Lipinski definition) is 3. The number of amides is 1. The monoisotopic (exact) mass is 491 g/mol. The smallest absolute Gasteiger partial charge is 0.243 e. The van der Waals surface area contributed by atoms with E-state index in [1.807, 2.05) is 0 Å². The van der Waals surface area contributed by atoms with Crippen LogP contribution in [-0.2, 0) is 4.79 Å². The van der Waals surface area contributed by atoms with E-state index in [-0.39, 0.29) is 36.4 Å². The Morgan fingerprint density at radius 1 is 0.963 bits per heavy atom. The van der Waals surface area contributed by atoms with Crippen molar-refractivity contribution in [3.05, 3.63) is 0 Å². The molecule has 3 fully saturated rings. The van der Waals surface area contributed by atoms with Gasteiger partial charge in [0.2, 0.25) is 5.91 Å². The molecule has 0 bridgehead atoms. The van der Waals surface area contributed by atoms with E-state index in [4.69, 9.17) is 0 Å². The first kappa shape index (κ1) is 22.7. The van der Waals surface area contributed by atoms with Gasteiger partial charge in [0.15, 0.2) is 5.96 Å². The summed E-state index contributed by atoms with van der Waals surface area (Å²) in [5.74, 6) is 1.78. The lowest BCUT2D eigenvalue weighted by molar-refractivity contribution is -0.127. The summed E-state index contributed by atoms with van der Waals surface area (Å²) in [7, 11) is 3.56. The van der Waals surface area contributed by atoms with Gasteiger partial charge in [-0.15, -0.1) is 24.0 Å². The number of likely N-dealkylation sites (N-methyl/N-ethyl adjacent to an activating group) is 1. The van der Waals surface area contributed by atoms with E-state index in [0.29, 0.717) is 12.1 Å². The molecule has 1 aliphatic heterocycles. The molecule has 2 aliphatic carbocycles. The minimum absolute atomic E-state index is 0. The van der Waals surface area contributed by atoms with Gasteiger partial charge in [-0.2, -0.15) is 0 Å². The third-order valence-electron chi connectivity index (χ3n) is 6.16. The lowest BCUT2D eigenvalue weighted by atomic mass is 9.88. The van der Waals surface area contributed by atoms with Crippen LogP contribution in [0.2, 0.25) is 0 Å². The van der Waals surface area contributed by atoms with Crippen molar-refractivity contribution in [2.24, 2.45) is 10.9 Å². The number of carbonyl (C=O) groups excluding carboxylic acids is 1. The highest BCUT2D eigenvalue weighted by Crippen LogP contribution is 2.27. The second-order valence-corrected chi connectivity index (χ2v) is 8.74. The number of piperidine rings is 1. The van der Waals surface area contributed by atoms with Crippen molar-refractivity contribution in [3.63, 3.8) is 0 Å². The molecule has 6 nitrogen and oxygen atoms in total. The Morgan fingerprint density at radius 2 is 1.48 bits per heavy atom. The summed E-state index contributed by atoms with van der Waals surface area (Å²) >= 11 is 0. The molecule has 27 heavy (non-hydrogen) atoms. The first-order valence-corrected chi connectivity index (χ1v) is 10.5. The SMILES string of the molecule is CC1CCN(C2CCC(NC(=NCC(=O)N(C)C)NC3CC3)CC2)CC1.I. The molecule has 1 heterocycles. The highest BCUT2D eigenvalue weighted by Gasteiger charge is 2.29. The number of aliphatic imine (C=N–C) groups is 1. The number of halogens is 1. The fourth-order valence-corrected chi connectivity index (χ4v) is 4.01. The molecule has 0 spiro atoms. The normalized spacial score (nSPS) is 27.6. The van der Waals surface area contributed by atoms with Crippen molar-refractivity contribution in [2.45, 2.75) is 76.4 Å². The summed E-state index contributed by atoms with van der Waals surface area (Å²) in [6.45, 7) is 5.17. The van der Waals surface area contributed by atoms with Crippen LogP contribution < -0.4 is 10.6 Å². The van der Waals surface area contributed by atoms with Gasteiger partial charge in [0.05, 0.1) is 0 Å². The molecule has 3 rings (SSSR count). The number of nitrogens with zero attached hydrogens (tertiary/aromatic N) is 3. The molecule has 0 atom stereocenters. The Hall–Kier alpha value is -0.570. The zero-order chi connectivity index (χ0) is 18.5. The molecule has 0 aromatic rings.